The molecule has 0 saturated heterocycles. The van der Waals surface area contributed by atoms with Crippen LogP contribution in [0.2, 0.25) is 0 Å². The minimum atomic E-state index is 0.798. The van der Waals surface area contributed by atoms with Gasteiger partial charge in [0.05, 0.1) is 11.2 Å². The summed E-state index contributed by atoms with van der Waals surface area (Å²) in [4.78, 5) is 4.72. The molecule has 1 aromatic heterocycles. The zero-order valence-corrected chi connectivity index (χ0v) is 16.6. The van der Waals surface area contributed by atoms with Gasteiger partial charge in [-0.2, -0.15) is 0 Å². The van der Waals surface area contributed by atoms with E-state index in [0.717, 1.165) is 23.1 Å². The number of nitrogens with zero attached hydrogens (tertiary/aromatic N) is 1. The van der Waals surface area contributed by atoms with Crippen LogP contribution in [0.15, 0.2) is 97.2 Å². The van der Waals surface area contributed by atoms with Crippen LogP contribution in [0, 0.1) is 0 Å². The molecular formula is C28H22N2. The van der Waals surface area contributed by atoms with Crippen molar-refractivity contribution >= 4 is 40.4 Å². The summed E-state index contributed by atoms with van der Waals surface area (Å²) < 4.78 is 0. The molecular weight excluding hydrogens is 364 g/mol. The highest BCUT2D eigenvalue weighted by Gasteiger charge is 2.15. The number of rotatable bonds is 4. The van der Waals surface area contributed by atoms with Crippen LogP contribution in [0.25, 0.3) is 34.7 Å². The van der Waals surface area contributed by atoms with Crippen LogP contribution in [0.3, 0.4) is 0 Å². The minimum absolute atomic E-state index is 0.798. The molecule has 0 aliphatic carbocycles. The predicted molar refractivity (Wildman–Crippen MR) is 129 cm³/mol. The molecule has 0 bridgehead atoms. The summed E-state index contributed by atoms with van der Waals surface area (Å²) in [7, 11) is 0. The molecule has 2 nitrogen and oxygen atoms in total. The SMILES string of the molecule is C(=Cc1ccccc1)C1=CCNc2c1ccc1c(C=Cc3ccccc3)ccnc21. The molecule has 0 spiro atoms. The fraction of sp³-hybridized carbons (Fsp3) is 0.0357. The van der Waals surface area contributed by atoms with Gasteiger partial charge in [-0.1, -0.05) is 103 Å². The number of hydrogen-bond donors (Lipinski definition) is 1. The van der Waals surface area contributed by atoms with E-state index >= 15 is 0 Å². The summed E-state index contributed by atoms with van der Waals surface area (Å²) in [6, 6.07) is 27.2. The summed E-state index contributed by atoms with van der Waals surface area (Å²) >= 11 is 0. The van der Waals surface area contributed by atoms with Crippen molar-refractivity contribution in [2.75, 3.05) is 11.9 Å². The highest BCUT2D eigenvalue weighted by Crippen LogP contribution is 2.35. The molecule has 0 unspecified atom stereocenters. The lowest BCUT2D eigenvalue weighted by molar-refractivity contribution is 1.29. The van der Waals surface area contributed by atoms with E-state index in [0.29, 0.717) is 0 Å². The third-order valence-electron chi connectivity index (χ3n) is 5.37. The van der Waals surface area contributed by atoms with Gasteiger partial charge in [0, 0.05) is 23.7 Å². The van der Waals surface area contributed by atoms with E-state index in [4.69, 9.17) is 4.98 Å². The summed E-state index contributed by atoms with van der Waals surface area (Å²) in [5.74, 6) is 0. The lowest BCUT2D eigenvalue weighted by Gasteiger charge is -2.19. The van der Waals surface area contributed by atoms with Gasteiger partial charge in [-0.25, -0.2) is 0 Å². The van der Waals surface area contributed by atoms with Crippen molar-refractivity contribution in [1.82, 2.24) is 4.98 Å². The molecule has 3 aromatic carbocycles. The number of hydrogen-bond acceptors (Lipinski definition) is 2. The Morgan fingerprint density at radius 1 is 0.700 bits per heavy atom. The molecule has 5 rings (SSSR count). The Balaban J connectivity index is 1.52. The number of benzene rings is 3. The number of nitrogens with one attached hydrogen (secondary N) is 1. The zero-order valence-electron chi connectivity index (χ0n) is 16.6. The minimum Gasteiger partial charge on any atom is -0.379 e. The van der Waals surface area contributed by atoms with Gasteiger partial charge < -0.3 is 5.32 Å². The van der Waals surface area contributed by atoms with E-state index in [-0.39, 0.29) is 0 Å². The number of aromatic nitrogens is 1. The number of allylic oxidation sites excluding steroid dienone is 2. The lowest BCUT2D eigenvalue weighted by Crippen LogP contribution is -2.08. The molecule has 2 heterocycles. The second kappa shape index (κ2) is 8.22. The first-order valence-electron chi connectivity index (χ1n) is 10.2. The van der Waals surface area contributed by atoms with Gasteiger partial charge in [0.15, 0.2) is 0 Å². The molecule has 1 N–H and O–H groups in total. The maximum absolute atomic E-state index is 4.72. The van der Waals surface area contributed by atoms with Crippen LogP contribution in [0.1, 0.15) is 22.3 Å². The Bertz CT molecular complexity index is 1270. The van der Waals surface area contributed by atoms with Crippen molar-refractivity contribution in [2.24, 2.45) is 0 Å². The lowest BCUT2D eigenvalue weighted by atomic mass is 9.95. The molecule has 0 atom stereocenters. The first kappa shape index (κ1) is 18.1. The van der Waals surface area contributed by atoms with Gasteiger partial charge in [0.2, 0.25) is 0 Å². The van der Waals surface area contributed by atoms with Crippen molar-refractivity contribution < 1.29 is 0 Å². The van der Waals surface area contributed by atoms with Crippen LogP contribution in [0.5, 0.6) is 0 Å². The highest BCUT2D eigenvalue weighted by molar-refractivity contribution is 6.03. The Morgan fingerprint density at radius 2 is 1.40 bits per heavy atom. The Hall–Kier alpha value is -3.91. The standard InChI is InChI=1S/C28H22N2/c1-3-7-21(8-4-1)11-13-23-17-19-29-27-25(23)15-16-26-24(18-20-30-28(26)27)14-12-22-9-5-2-6-10-22/h1-19,30H,20H2. The monoisotopic (exact) mass is 386 g/mol. The van der Waals surface area contributed by atoms with E-state index in [2.05, 4.69) is 102 Å². The first-order chi connectivity index (χ1) is 14.9. The van der Waals surface area contributed by atoms with Crippen LogP contribution in [-0.2, 0) is 0 Å². The van der Waals surface area contributed by atoms with E-state index in [1.165, 1.54) is 27.8 Å². The second-order valence-electron chi connectivity index (χ2n) is 7.31. The van der Waals surface area contributed by atoms with Crippen LogP contribution in [-0.4, -0.2) is 11.5 Å². The van der Waals surface area contributed by atoms with Crippen LogP contribution < -0.4 is 5.32 Å². The third-order valence-corrected chi connectivity index (χ3v) is 5.37. The third kappa shape index (κ3) is 3.68. The van der Waals surface area contributed by atoms with E-state index < -0.39 is 0 Å². The maximum Gasteiger partial charge on any atom is 0.0945 e. The molecule has 1 aliphatic heterocycles. The fourth-order valence-electron chi connectivity index (χ4n) is 3.84. The smallest absolute Gasteiger partial charge is 0.0945 e. The maximum atomic E-state index is 4.72. The summed E-state index contributed by atoms with van der Waals surface area (Å²) in [6.45, 7) is 0.798. The topological polar surface area (TPSA) is 24.9 Å². The molecule has 0 amide bonds. The van der Waals surface area contributed by atoms with E-state index in [1.807, 2.05) is 18.3 Å². The van der Waals surface area contributed by atoms with Gasteiger partial charge in [0.1, 0.15) is 0 Å². The van der Waals surface area contributed by atoms with Crippen molar-refractivity contribution in [1.29, 1.82) is 0 Å². The van der Waals surface area contributed by atoms with Crippen LogP contribution >= 0.6 is 0 Å². The molecule has 1 aliphatic rings. The zero-order chi connectivity index (χ0) is 20.2. The average Bonchev–Trinajstić information content (AvgIpc) is 2.82. The predicted octanol–water partition coefficient (Wildman–Crippen LogP) is 6.93. The largest absolute Gasteiger partial charge is 0.379 e. The summed E-state index contributed by atoms with van der Waals surface area (Å²) in [5.41, 5.74) is 8.10. The molecule has 0 saturated carbocycles. The molecule has 0 fully saturated rings. The van der Waals surface area contributed by atoms with Crippen molar-refractivity contribution in [3.8, 4) is 0 Å². The van der Waals surface area contributed by atoms with Crippen molar-refractivity contribution in [3.63, 3.8) is 0 Å². The number of pyridine rings is 1. The Labute approximate surface area is 176 Å². The average molecular weight is 386 g/mol. The van der Waals surface area contributed by atoms with Crippen molar-refractivity contribution in [2.45, 2.75) is 0 Å². The second-order valence-corrected chi connectivity index (χ2v) is 7.31. The highest BCUT2D eigenvalue weighted by atomic mass is 14.9. The normalized spacial score (nSPS) is 13.4. The molecule has 2 heteroatoms. The fourth-order valence-corrected chi connectivity index (χ4v) is 3.84. The first-order valence-corrected chi connectivity index (χ1v) is 10.2. The summed E-state index contributed by atoms with van der Waals surface area (Å²) in [6.07, 6.45) is 12.8. The molecule has 4 aromatic rings. The van der Waals surface area contributed by atoms with Gasteiger partial charge in [-0.05, 0) is 28.3 Å². The van der Waals surface area contributed by atoms with E-state index in [9.17, 15) is 0 Å². The van der Waals surface area contributed by atoms with Gasteiger partial charge >= 0.3 is 0 Å². The number of fused-ring (bicyclic) bond motifs is 3. The van der Waals surface area contributed by atoms with Gasteiger partial charge in [0.25, 0.3) is 0 Å². The number of anilines is 1. The summed E-state index contributed by atoms with van der Waals surface area (Å²) in [5, 5.41) is 4.69. The van der Waals surface area contributed by atoms with Gasteiger partial charge in [-0.15, -0.1) is 0 Å². The Kier molecular flexibility index (Phi) is 4.97. The Morgan fingerprint density at radius 3 is 2.13 bits per heavy atom. The molecule has 30 heavy (non-hydrogen) atoms. The molecule has 0 radical (unpaired) electrons. The van der Waals surface area contributed by atoms with Crippen molar-refractivity contribution in [3.05, 3.63) is 119 Å². The van der Waals surface area contributed by atoms with Gasteiger partial charge in [-0.3, -0.25) is 4.98 Å². The van der Waals surface area contributed by atoms with Crippen LogP contribution in [0.4, 0.5) is 5.69 Å². The molecule has 144 valence electrons. The van der Waals surface area contributed by atoms with E-state index in [1.54, 1.807) is 0 Å². The quantitative estimate of drug-likeness (QED) is 0.411.